The van der Waals surface area contributed by atoms with Gasteiger partial charge in [-0.2, -0.15) is 5.10 Å². The van der Waals surface area contributed by atoms with Gasteiger partial charge in [0.1, 0.15) is 11.6 Å². The Morgan fingerprint density at radius 3 is 2.70 bits per heavy atom. The van der Waals surface area contributed by atoms with Gasteiger partial charge in [-0.1, -0.05) is 12.1 Å². The number of imide groups is 1. The van der Waals surface area contributed by atoms with Crippen LogP contribution in [0.1, 0.15) is 39.7 Å². The summed E-state index contributed by atoms with van der Waals surface area (Å²) in [5, 5.41) is 13.2. The lowest BCUT2D eigenvalue weighted by Crippen LogP contribution is -2.45. The second kappa shape index (κ2) is 10.4. The van der Waals surface area contributed by atoms with Crippen LogP contribution in [0.25, 0.3) is 10.8 Å². The van der Waals surface area contributed by atoms with Crippen LogP contribution < -0.4 is 21.5 Å². The highest BCUT2D eigenvalue weighted by Crippen LogP contribution is 2.21. The number of nitrogens with zero attached hydrogens (tertiary/aromatic N) is 2. The Bertz CT molecular complexity index is 1090. The first-order valence-electron chi connectivity index (χ1n) is 10.8. The van der Waals surface area contributed by atoms with Gasteiger partial charge in [-0.15, -0.1) is 0 Å². The van der Waals surface area contributed by atoms with Crippen molar-refractivity contribution in [2.75, 3.05) is 31.6 Å². The second-order valence-corrected chi connectivity index (χ2v) is 8.60. The van der Waals surface area contributed by atoms with E-state index in [0.29, 0.717) is 42.8 Å². The van der Waals surface area contributed by atoms with E-state index in [0.717, 1.165) is 4.68 Å². The number of fused-ring (bicyclic) bond motifs is 1. The monoisotopic (exact) mass is 459 g/mol. The number of rotatable bonds is 8. The molecule has 1 aromatic heterocycles. The number of carbonyl (C=O) groups is 3. The van der Waals surface area contributed by atoms with E-state index in [1.54, 1.807) is 39.0 Å². The summed E-state index contributed by atoms with van der Waals surface area (Å²) in [7, 11) is 0. The molecule has 1 saturated heterocycles. The molecule has 2 aromatic rings. The van der Waals surface area contributed by atoms with Gasteiger partial charge in [0.2, 0.25) is 5.91 Å². The Morgan fingerprint density at radius 1 is 1.21 bits per heavy atom. The number of carbonyl (C=O) groups excluding carboxylic acids is 3. The van der Waals surface area contributed by atoms with Crippen LogP contribution in [0.15, 0.2) is 29.2 Å². The SMILES string of the molecule is CC(C)(C)OC(=O)NCCOCCNc1cccc2cnn(C3CCC(=O)NC3=O)c(=O)c12. The molecule has 2 heterocycles. The standard InChI is InChI=1S/C22H29N5O6/c1-22(2,3)33-21(31)24-10-12-32-11-9-23-15-6-4-5-14-13-25-27(20(30)18(14)15)16-7-8-17(28)26-19(16)29/h4-6,13,16,23H,7-12H2,1-3H3,(H,24,31)(H,26,28,29). The van der Waals surface area contributed by atoms with Crippen molar-refractivity contribution in [2.24, 2.45) is 0 Å². The van der Waals surface area contributed by atoms with Gasteiger partial charge in [0.15, 0.2) is 0 Å². The van der Waals surface area contributed by atoms with Crippen molar-refractivity contribution in [1.29, 1.82) is 0 Å². The van der Waals surface area contributed by atoms with Crippen LogP contribution in [0.4, 0.5) is 10.5 Å². The molecule has 3 N–H and O–H groups in total. The molecule has 0 bridgehead atoms. The normalized spacial score (nSPS) is 16.4. The largest absolute Gasteiger partial charge is 0.444 e. The first kappa shape index (κ1) is 24.2. The quantitative estimate of drug-likeness (QED) is 0.397. The predicted octanol–water partition coefficient (Wildman–Crippen LogP) is 1.33. The number of piperidine rings is 1. The fourth-order valence-corrected chi connectivity index (χ4v) is 3.39. The van der Waals surface area contributed by atoms with Crippen molar-refractivity contribution in [2.45, 2.75) is 45.3 Å². The highest BCUT2D eigenvalue weighted by Gasteiger charge is 2.30. The zero-order valence-corrected chi connectivity index (χ0v) is 19.0. The lowest BCUT2D eigenvalue weighted by atomic mass is 10.1. The van der Waals surface area contributed by atoms with Crippen LogP contribution in [0.5, 0.6) is 0 Å². The minimum Gasteiger partial charge on any atom is -0.444 e. The average Bonchev–Trinajstić information content (AvgIpc) is 2.72. The maximum Gasteiger partial charge on any atom is 0.407 e. The molecule has 0 saturated carbocycles. The summed E-state index contributed by atoms with van der Waals surface area (Å²) in [5.74, 6) is -0.882. The van der Waals surface area contributed by atoms with Crippen molar-refractivity contribution < 1.29 is 23.9 Å². The Labute approximate surface area is 190 Å². The average molecular weight is 460 g/mol. The number of benzene rings is 1. The third-order valence-electron chi connectivity index (χ3n) is 4.82. The number of ether oxygens (including phenoxy) is 2. The van der Waals surface area contributed by atoms with Crippen molar-refractivity contribution in [3.05, 3.63) is 34.7 Å². The summed E-state index contributed by atoms with van der Waals surface area (Å²) >= 11 is 0. The molecule has 11 nitrogen and oxygen atoms in total. The Balaban J connectivity index is 1.57. The van der Waals surface area contributed by atoms with Crippen molar-refractivity contribution in [3.8, 4) is 0 Å². The fourth-order valence-electron chi connectivity index (χ4n) is 3.39. The summed E-state index contributed by atoms with van der Waals surface area (Å²) in [6.45, 7) is 6.76. The number of hydrogen-bond donors (Lipinski definition) is 3. The zero-order valence-electron chi connectivity index (χ0n) is 19.0. The third kappa shape index (κ3) is 6.51. The van der Waals surface area contributed by atoms with Crippen LogP contribution in [-0.4, -0.2) is 59.6 Å². The van der Waals surface area contributed by atoms with Gasteiger partial charge in [-0.25, -0.2) is 9.48 Å². The van der Waals surface area contributed by atoms with E-state index in [-0.39, 0.29) is 18.7 Å². The maximum atomic E-state index is 13.1. The van der Waals surface area contributed by atoms with E-state index >= 15 is 0 Å². The number of hydrogen-bond acceptors (Lipinski definition) is 8. The van der Waals surface area contributed by atoms with E-state index in [9.17, 15) is 19.2 Å². The van der Waals surface area contributed by atoms with Crippen molar-refractivity contribution >= 4 is 34.4 Å². The molecule has 1 aliphatic rings. The predicted molar refractivity (Wildman–Crippen MR) is 121 cm³/mol. The van der Waals surface area contributed by atoms with Crippen LogP contribution in [-0.2, 0) is 19.1 Å². The van der Waals surface area contributed by atoms with Crippen LogP contribution in [0.3, 0.4) is 0 Å². The molecule has 33 heavy (non-hydrogen) atoms. The molecule has 1 atom stereocenters. The number of aromatic nitrogens is 2. The fraction of sp³-hybridized carbons (Fsp3) is 0.500. The minimum atomic E-state index is -0.825. The summed E-state index contributed by atoms with van der Waals surface area (Å²) in [6, 6.07) is 4.51. The number of amides is 3. The lowest BCUT2D eigenvalue weighted by molar-refractivity contribution is -0.136. The van der Waals surface area contributed by atoms with E-state index in [4.69, 9.17) is 9.47 Å². The molecule has 1 aliphatic heterocycles. The molecule has 178 valence electrons. The third-order valence-corrected chi connectivity index (χ3v) is 4.82. The molecule has 0 spiro atoms. The summed E-state index contributed by atoms with van der Waals surface area (Å²) in [5.41, 5.74) is -0.372. The van der Waals surface area contributed by atoms with E-state index in [1.165, 1.54) is 6.20 Å². The van der Waals surface area contributed by atoms with Gasteiger partial charge in [-0.3, -0.25) is 19.7 Å². The molecule has 1 unspecified atom stereocenters. The molecular formula is C22H29N5O6. The molecule has 0 aliphatic carbocycles. The minimum absolute atomic E-state index is 0.155. The molecular weight excluding hydrogens is 430 g/mol. The smallest absolute Gasteiger partial charge is 0.407 e. The molecule has 0 radical (unpaired) electrons. The molecule has 3 rings (SSSR count). The van der Waals surface area contributed by atoms with Gasteiger partial charge in [0, 0.05) is 30.6 Å². The van der Waals surface area contributed by atoms with Crippen LogP contribution in [0.2, 0.25) is 0 Å². The van der Waals surface area contributed by atoms with Crippen molar-refractivity contribution in [3.63, 3.8) is 0 Å². The van der Waals surface area contributed by atoms with E-state index in [1.807, 2.05) is 0 Å². The highest BCUT2D eigenvalue weighted by atomic mass is 16.6. The molecule has 3 amide bonds. The van der Waals surface area contributed by atoms with Gasteiger partial charge in [0.05, 0.1) is 24.8 Å². The van der Waals surface area contributed by atoms with E-state index < -0.39 is 29.2 Å². The van der Waals surface area contributed by atoms with Gasteiger partial charge < -0.3 is 20.1 Å². The number of nitrogens with one attached hydrogen (secondary N) is 3. The summed E-state index contributed by atoms with van der Waals surface area (Å²) in [4.78, 5) is 48.3. The van der Waals surface area contributed by atoms with Crippen molar-refractivity contribution in [1.82, 2.24) is 20.4 Å². The first-order valence-corrected chi connectivity index (χ1v) is 10.8. The lowest BCUT2D eigenvalue weighted by Gasteiger charge is -2.22. The summed E-state index contributed by atoms with van der Waals surface area (Å²) < 4.78 is 11.8. The molecule has 1 fully saturated rings. The summed E-state index contributed by atoms with van der Waals surface area (Å²) in [6.07, 6.45) is 1.41. The molecule has 11 heteroatoms. The first-order chi connectivity index (χ1) is 15.7. The van der Waals surface area contributed by atoms with Gasteiger partial charge in [0.25, 0.3) is 11.5 Å². The second-order valence-electron chi connectivity index (χ2n) is 8.60. The Hall–Kier alpha value is -3.47. The Kier molecular flexibility index (Phi) is 7.64. The van der Waals surface area contributed by atoms with Gasteiger partial charge in [-0.05, 0) is 33.3 Å². The van der Waals surface area contributed by atoms with Gasteiger partial charge >= 0.3 is 6.09 Å². The van der Waals surface area contributed by atoms with E-state index in [2.05, 4.69) is 21.0 Å². The maximum absolute atomic E-state index is 13.1. The topological polar surface area (TPSA) is 141 Å². The molecule has 1 aromatic carbocycles. The number of anilines is 1. The highest BCUT2D eigenvalue weighted by molar-refractivity contribution is 5.99. The Morgan fingerprint density at radius 2 is 1.97 bits per heavy atom. The number of alkyl carbamates (subject to hydrolysis) is 1. The zero-order chi connectivity index (χ0) is 24.0. The van der Waals surface area contributed by atoms with Crippen LogP contribution >= 0.6 is 0 Å². The van der Waals surface area contributed by atoms with Crippen LogP contribution in [0, 0.1) is 0 Å².